The van der Waals surface area contributed by atoms with Crippen LogP contribution in [0.5, 0.6) is 0 Å². The third-order valence-corrected chi connectivity index (χ3v) is 1.72. The smallest absolute Gasteiger partial charge is 0.339 e. The molecule has 0 spiro atoms. The predicted octanol–water partition coefficient (Wildman–Crippen LogP) is 1.21. The Bertz CT molecular complexity index is 295. The number of hydrogen-bond donors (Lipinski definition) is 2. The van der Waals surface area contributed by atoms with Gasteiger partial charge >= 0.3 is 5.97 Å². The molecule has 0 aliphatic heterocycles. The van der Waals surface area contributed by atoms with Crippen molar-refractivity contribution >= 4 is 5.97 Å². The molecule has 0 saturated heterocycles. The third-order valence-electron chi connectivity index (χ3n) is 1.72. The zero-order chi connectivity index (χ0) is 9.84. The Balaban J connectivity index is 2.86. The Morgan fingerprint density at radius 1 is 1.85 bits per heavy atom. The zero-order valence-corrected chi connectivity index (χ0v) is 7.57. The van der Waals surface area contributed by atoms with Crippen molar-refractivity contribution in [2.24, 2.45) is 0 Å². The number of nitrogens with one attached hydrogen (secondary N) is 1. The van der Waals surface area contributed by atoms with E-state index in [0.717, 1.165) is 0 Å². The van der Waals surface area contributed by atoms with Crippen molar-refractivity contribution in [3.8, 4) is 0 Å². The molecule has 0 amide bonds. The fraction of sp³-hybridized carbons (Fsp3) is 0.500. The first-order valence-electron chi connectivity index (χ1n) is 4.05. The fourth-order valence-electron chi connectivity index (χ4n) is 1.11. The Morgan fingerprint density at radius 3 is 3.08 bits per heavy atom. The fourth-order valence-corrected chi connectivity index (χ4v) is 1.11. The molecule has 1 aromatic rings. The van der Waals surface area contributed by atoms with Crippen molar-refractivity contribution < 1.29 is 14.6 Å². The highest BCUT2D eigenvalue weighted by atomic mass is 16.5. The molecule has 1 aromatic heterocycles. The lowest BCUT2D eigenvalue weighted by atomic mass is 10.2. The minimum Gasteiger partial charge on any atom is -0.478 e. The molecule has 72 valence electrons. The summed E-state index contributed by atoms with van der Waals surface area (Å²) in [5.74, 6) is -0.990. The van der Waals surface area contributed by atoms with Gasteiger partial charge in [0.1, 0.15) is 5.56 Å². The number of carbonyl (C=O) groups is 1. The second kappa shape index (κ2) is 4.04. The molecule has 0 aromatic carbocycles. The molecular weight excluding hydrogens is 172 g/mol. The van der Waals surface area contributed by atoms with Gasteiger partial charge in [0.2, 0.25) is 0 Å². The van der Waals surface area contributed by atoms with E-state index in [4.69, 9.17) is 9.84 Å². The highest BCUT2D eigenvalue weighted by Gasteiger charge is 2.17. The number of aromatic nitrogens is 2. The van der Waals surface area contributed by atoms with E-state index in [9.17, 15) is 4.79 Å². The number of aromatic amines is 1. The average Bonchev–Trinajstić information content (AvgIpc) is 2.52. The van der Waals surface area contributed by atoms with Gasteiger partial charge in [-0.3, -0.25) is 5.10 Å². The van der Waals surface area contributed by atoms with Crippen LogP contribution in [0.15, 0.2) is 6.20 Å². The van der Waals surface area contributed by atoms with Crippen LogP contribution in [0.4, 0.5) is 0 Å². The first-order chi connectivity index (χ1) is 6.16. The number of H-pyrrole nitrogens is 1. The first kappa shape index (κ1) is 9.73. The van der Waals surface area contributed by atoms with Crippen LogP contribution in [0.1, 0.15) is 36.0 Å². The summed E-state index contributed by atoms with van der Waals surface area (Å²) in [5, 5.41) is 15.0. The summed E-state index contributed by atoms with van der Waals surface area (Å²) in [6, 6.07) is 0. The van der Waals surface area contributed by atoms with Crippen LogP contribution in [-0.4, -0.2) is 27.9 Å². The monoisotopic (exact) mass is 184 g/mol. The lowest BCUT2D eigenvalue weighted by Gasteiger charge is -2.09. The van der Waals surface area contributed by atoms with Crippen LogP contribution in [0.25, 0.3) is 0 Å². The van der Waals surface area contributed by atoms with Crippen molar-refractivity contribution in [3.63, 3.8) is 0 Å². The Morgan fingerprint density at radius 2 is 2.54 bits per heavy atom. The number of rotatable bonds is 4. The van der Waals surface area contributed by atoms with Crippen molar-refractivity contribution in [2.45, 2.75) is 20.0 Å². The molecule has 5 nitrogen and oxygen atoms in total. The number of nitrogens with zero attached hydrogens (tertiary/aromatic N) is 1. The molecule has 1 rings (SSSR count). The molecule has 0 bridgehead atoms. The normalized spacial score (nSPS) is 12.8. The molecule has 5 heteroatoms. The molecule has 13 heavy (non-hydrogen) atoms. The molecule has 2 N–H and O–H groups in total. The van der Waals surface area contributed by atoms with Crippen molar-refractivity contribution in [1.82, 2.24) is 10.2 Å². The summed E-state index contributed by atoms with van der Waals surface area (Å²) >= 11 is 0. The molecule has 1 unspecified atom stereocenters. The highest BCUT2D eigenvalue weighted by molar-refractivity contribution is 5.88. The summed E-state index contributed by atoms with van der Waals surface area (Å²) in [6.07, 6.45) is 1.02. The first-order valence-corrected chi connectivity index (χ1v) is 4.05. The average molecular weight is 184 g/mol. The Hall–Kier alpha value is -1.36. The number of carboxylic acid groups (broad SMARTS) is 1. The van der Waals surface area contributed by atoms with Crippen molar-refractivity contribution in [1.29, 1.82) is 0 Å². The highest BCUT2D eigenvalue weighted by Crippen LogP contribution is 2.17. The van der Waals surface area contributed by atoms with E-state index in [1.807, 2.05) is 6.92 Å². The molecule has 0 aliphatic rings. The minimum atomic E-state index is -0.990. The van der Waals surface area contributed by atoms with Gasteiger partial charge in [-0.2, -0.15) is 5.10 Å². The minimum absolute atomic E-state index is 0.168. The van der Waals surface area contributed by atoms with Gasteiger partial charge in [-0.15, -0.1) is 0 Å². The van der Waals surface area contributed by atoms with Crippen LogP contribution in [-0.2, 0) is 4.74 Å². The predicted molar refractivity (Wildman–Crippen MR) is 45.6 cm³/mol. The van der Waals surface area contributed by atoms with E-state index < -0.39 is 5.97 Å². The van der Waals surface area contributed by atoms with Gasteiger partial charge in [-0.25, -0.2) is 4.79 Å². The van der Waals surface area contributed by atoms with Gasteiger partial charge in [-0.1, -0.05) is 0 Å². The summed E-state index contributed by atoms with van der Waals surface area (Å²) < 4.78 is 5.24. The summed E-state index contributed by atoms with van der Waals surface area (Å²) in [5.41, 5.74) is 0.676. The molecular formula is C8H12N2O3. The van der Waals surface area contributed by atoms with Crippen LogP contribution < -0.4 is 0 Å². The zero-order valence-electron chi connectivity index (χ0n) is 7.57. The maximum Gasteiger partial charge on any atom is 0.339 e. The van der Waals surface area contributed by atoms with Crippen LogP contribution >= 0.6 is 0 Å². The van der Waals surface area contributed by atoms with E-state index >= 15 is 0 Å². The van der Waals surface area contributed by atoms with Crippen LogP contribution in [0.3, 0.4) is 0 Å². The quantitative estimate of drug-likeness (QED) is 0.737. The van der Waals surface area contributed by atoms with Gasteiger partial charge in [0.05, 0.1) is 18.0 Å². The van der Waals surface area contributed by atoms with E-state index in [-0.39, 0.29) is 11.7 Å². The summed E-state index contributed by atoms with van der Waals surface area (Å²) in [7, 11) is 0. The lowest BCUT2D eigenvalue weighted by Crippen LogP contribution is -2.06. The largest absolute Gasteiger partial charge is 0.478 e. The lowest BCUT2D eigenvalue weighted by molar-refractivity contribution is 0.0633. The summed E-state index contributed by atoms with van der Waals surface area (Å²) in [4.78, 5) is 10.7. The van der Waals surface area contributed by atoms with Gasteiger partial charge in [0, 0.05) is 6.61 Å². The molecule has 1 atom stereocenters. The Kier molecular flexibility index (Phi) is 3.02. The van der Waals surface area contributed by atoms with Crippen LogP contribution in [0.2, 0.25) is 0 Å². The van der Waals surface area contributed by atoms with E-state index in [1.165, 1.54) is 6.20 Å². The SMILES string of the molecule is CCOC(C)c1[nH]ncc1C(=O)O. The van der Waals surface area contributed by atoms with E-state index in [2.05, 4.69) is 10.2 Å². The van der Waals surface area contributed by atoms with E-state index in [1.54, 1.807) is 6.92 Å². The van der Waals surface area contributed by atoms with Crippen molar-refractivity contribution in [3.05, 3.63) is 17.5 Å². The second-order valence-electron chi connectivity index (χ2n) is 2.60. The van der Waals surface area contributed by atoms with E-state index in [0.29, 0.717) is 12.3 Å². The molecule has 0 radical (unpaired) electrons. The third kappa shape index (κ3) is 2.06. The topological polar surface area (TPSA) is 75.2 Å². The van der Waals surface area contributed by atoms with Crippen LogP contribution in [0, 0.1) is 0 Å². The number of aromatic carboxylic acids is 1. The second-order valence-corrected chi connectivity index (χ2v) is 2.60. The Labute approximate surface area is 75.7 Å². The number of ether oxygens (including phenoxy) is 1. The molecule has 0 fully saturated rings. The summed E-state index contributed by atoms with van der Waals surface area (Å²) in [6.45, 7) is 4.18. The molecule has 0 saturated carbocycles. The van der Waals surface area contributed by atoms with Gasteiger partial charge in [-0.05, 0) is 13.8 Å². The van der Waals surface area contributed by atoms with Crippen molar-refractivity contribution in [2.75, 3.05) is 6.61 Å². The van der Waals surface area contributed by atoms with Gasteiger partial charge < -0.3 is 9.84 Å². The standard InChI is InChI=1S/C8H12N2O3/c1-3-13-5(2)7-6(8(11)12)4-9-10-7/h4-5H,3H2,1-2H3,(H,9,10)(H,11,12). The molecule has 0 aliphatic carbocycles. The van der Waals surface area contributed by atoms with Gasteiger partial charge in [0.25, 0.3) is 0 Å². The number of carboxylic acids is 1. The van der Waals surface area contributed by atoms with Gasteiger partial charge in [0.15, 0.2) is 0 Å². The number of hydrogen-bond acceptors (Lipinski definition) is 3. The maximum atomic E-state index is 10.7. The molecule has 1 heterocycles. The maximum absolute atomic E-state index is 10.7.